The van der Waals surface area contributed by atoms with Crippen molar-refractivity contribution in [3.05, 3.63) is 0 Å². The van der Waals surface area contributed by atoms with Crippen LogP contribution in [0, 0.1) is 0 Å². The van der Waals surface area contributed by atoms with Crippen LogP contribution in [0.1, 0.15) is 0 Å². The van der Waals surface area contributed by atoms with E-state index >= 15 is 0 Å². The number of hydrogen-bond donors (Lipinski definition) is 3. The molecule has 0 aromatic carbocycles. The van der Waals surface area contributed by atoms with Crippen LogP contribution in [-0.4, -0.2) is 93.4 Å². The van der Waals surface area contributed by atoms with Crippen LogP contribution in [0.25, 0.3) is 0 Å². The molecule has 0 aromatic rings. The monoisotopic (exact) mass is 228 g/mol. The summed E-state index contributed by atoms with van der Waals surface area (Å²) >= 11 is 0. The molecule has 0 aliphatic carbocycles. The van der Waals surface area contributed by atoms with Crippen molar-refractivity contribution in [2.75, 3.05) is 0 Å². The van der Waals surface area contributed by atoms with Gasteiger partial charge in [-0.25, -0.2) is 4.57 Å². The van der Waals surface area contributed by atoms with Crippen LogP contribution in [0.15, 0.2) is 0 Å². The Labute approximate surface area is 105 Å². The Kier molecular flexibility index (Phi) is 111. The maximum absolute atomic E-state index is 8.88. The van der Waals surface area contributed by atoms with Crippen molar-refractivity contribution in [1.82, 2.24) is 0 Å². The molecule has 0 aliphatic rings. The molecule has 0 atom stereocenters. The molecule has 0 aliphatic heterocycles. The molecule has 0 saturated heterocycles. The van der Waals surface area contributed by atoms with Gasteiger partial charge >= 0.3 is 59.2 Å². The zero-order valence-electron chi connectivity index (χ0n) is 4.70. The Morgan fingerprint density at radius 1 is 0.727 bits per heavy atom. The average molecular weight is 228 g/mol. The predicted molar refractivity (Wildman–Crippen MR) is 39.5 cm³/mol. The van der Waals surface area contributed by atoms with Crippen molar-refractivity contribution in [2.24, 2.45) is 0 Å². The summed E-state index contributed by atoms with van der Waals surface area (Å²) in [5.74, 6) is 0. The zero-order valence-corrected chi connectivity index (χ0v) is 5.59. The summed E-state index contributed by atoms with van der Waals surface area (Å²) in [7, 11) is -4.64. The van der Waals surface area contributed by atoms with Gasteiger partial charge in [0.15, 0.2) is 0 Å². The summed E-state index contributed by atoms with van der Waals surface area (Å²) in [6.07, 6.45) is 0. The van der Waals surface area contributed by atoms with E-state index in [2.05, 4.69) is 0 Å². The molecule has 13 N–H and O–H groups in total. The van der Waals surface area contributed by atoms with E-state index in [1.54, 1.807) is 0 Å². The Morgan fingerprint density at radius 3 is 0.727 bits per heavy atom. The molecule has 11 heteroatoms. The fraction of sp³-hybridized carbons (Fsp3) is 0. The van der Waals surface area contributed by atoms with E-state index in [-0.39, 0.29) is 78.8 Å². The quantitative estimate of drug-likeness (QED) is 0.271. The van der Waals surface area contributed by atoms with Crippen LogP contribution in [0.2, 0.25) is 0 Å². The summed E-state index contributed by atoms with van der Waals surface area (Å²) in [6, 6.07) is 0. The molecular weight excluding hydrogens is 214 g/mol. The summed E-state index contributed by atoms with van der Waals surface area (Å²) in [6.45, 7) is 0. The second kappa shape index (κ2) is 22.6. The predicted octanol–water partition coefficient (Wildman–Crippen LogP) is -5.70. The van der Waals surface area contributed by atoms with E-state index in [1.165, 1.54) is 0 Å². The maximum atomic E-state index is 8.88. The van der Waals surface area contributed by atoms with Crippen LogP contribution in [0.5, 0.6) is 0 Å². The second-order valence-corrected chi connectivity index (χ2v) is 1.54. The fourth-order valence-corrected chi connectivity index (χ4v) is 0. The van der Waals surface area contributed by atoms with Crippen molar-refractivity contribution in [1.29, 1.82) is 0 Å². The van der Waals surface area contributed by atoms with Gasteiger partial charge in [-0.2, -0.15) is 0 Å². The summed E-state index contributed by atoms with van der Waals surface area (Å²) in [5.41, 5.74) is 0. The van der Waals surface area contributed by atoms with E-state index in [4.69, 9.17) is 19.2 Å². The molecule has 9 nitrogen and oxygen atoms in total. The van der Waals surface area contributed by atoms with Crippen LogP contribution in [0.4, 0.5) is 0 Å². The van der Waals surface area contributed by atoms with Crippen molar-refractivity contribution in [3.63, 3.8) is 0 Å². The van der Waals surface area contributed by atoms with E-state index in [0.717, 1.165) is 0 Å². The third-order valence-corrected chi connectivity index (χ3v) is 0. The van der Waals surface area contributed by atoms with Gasteiger partial charge < -0.3 is 42.1 Å². The van der Waals surface area contributed by atoms with Gasteiger partial charge in [0.1, 0.15) is 0 Å². The minimum atomic E-state index is -4.64. The summed E-state index contributed by atoms with van der Waals surface area (Å²) < 4.78 is 8.88. The van der Waals surface area contributed by atoms with Gasteiger partial charge in [0.2, 0.25) is 0 Å². The molecule has 0 aromatic heterocycles. The number of phosphoric acid groups is 1. The average Bonchev–Trinajstić information content (AvgIpc) is 0.722. The SMILES string of the molecule is O.O.O.O.O.O=P(O)(O)O.[KH]. The van der Waals surface area contributed by atoms with Crippen molar-refractivity contribution < 1.29 is 46.6 Å². The van der Waals surface area contributed by atoms with Crippen molar-refractivity contribution in [2.45, 2.75) is 0 Å². The van der Waals surface area contributed by atoms with Gasteiger partial charge in [-0.15, -0.1) is 0 Å². The summed E-state index contributed by atoms with van der Waals surface area (Å²) in [5, 5.41) is 0. The van der Waals surface area contributed by atoms with Gasteiger partial charge in [-0.3, -0.25) is 0 Å². The molecule has 0 fully saturated rings. The van der Waals surface area contributed by atoms with Gasteiger partial charge in [0, 0.05) is 0 Å². The first kappa shape index (κ1) is 54.4. The van der Waals surface area contributed by atoms with Crippen LogP contribution < -0.4 is 0 Å². The Balaban J connectivity index is -0.00000000533. The molecule has 0 unspecified atom stereocenters. The minimum absolute atomic E-state index is 0. The van der Waals surface area contributed by atoms with Crippen molar-refractivity contribution in [3.8, 4) is 0 Å². The van der Waals surface area contributed by atoms with E-state index < -0.39 is 7.82 Å². The number of rotatable bonds is 0. The normalized spacial score (nSPS) is 5.36. The molecule has 0 saturated carbocycles. The summed E-state index contributed by atoms with van der Waals surface area (Å²) in [4.78, 5) is 21.6. The molecule has 74 valence electrons. The third kappa shape index (κ3) is 440. The molecule has 0 spiro atoms. The molecule has 0 radical (unpaired) electrons. The molecular formula is H14KO9P. The van der Waals surface area contributed by atoms with Gasteiger partial charge in [0.25, 0.3) is 0 Å². The Morgan fingerprint density at radius 2 is 0.727 bits per heavy atom. The van der Waals surface area contributed by atoms with Gasteiger partial charge in [-0.05, 0) is 0 Å². The number of hydrogen-bond acceptors (Lipinski definition) is 1. The Bertz CT molecular complexity index is 55.7. The first-order valence-electron chi connectivity index (χ1n) is 0.783. The second-order valence-electron chi connectivity index (χ2n) is 0.513. The topological polar surface area (TPSA) is 235 Å². The molecule has 0 amide bonds. The first-order valence-corrected chi connectivity index (χ1v) is 2.35. The standard InChI is InChI=1S/K.H3O4P.5H2O.H/c;1-5(2,3)4;;;;;;/h;(H3,1,2,3,4);5*1H2;. The van der Waals surface area contributed by atoms with Crippen molar-refractivity contribution >= 4 is 59.2 Å². The van der Waals surface area contributed by atoms with Crippen LogP contribution in [0.3, 0.4) is 0 Å². The molecule has 11 heavy (non-hydrogen) atoms. The third-order valence-electron chi connectivity index (χ3n) is 0. The van der Waals surface area contributed by atoms with E-state index in [9.17, 15) is 0 Å². The Hall–Kier alpha value is 1.55. The first-order chi connectivity index (χ1) is 2.00. The zero-order chi connectivity index (χ0) is 4.50. The molecule has 0 bridgehead atoms. The van der Waals surface area contributed by atoms with Crippen LogP contribution >= 0.6 is 7.82 Å². The van der Waals surface area contributed by atoms with Gasteiger partial charge in [0.05, 0.1) is 0 Å². The fourth-order valence-electron chi connectivity index (χ4n) is 0. The van der Waals surface area contributed by atoms with Gasteiger partial charge in [-0.1, -0.05) is 0 Å². The van der Waals surface area contributed by atoms with E-state index in [1.807, 2.05) is 0 Å². The van der Waals surface area contributed by atoms with E-state index in [0.29, 0.717) is 0 Å². The van der Waals surface area contributed by atoms with Crippen LogP contribution in [-0.2, 0) is 4.57 Å². The molecule has 0 heterocycles. The molecule has 0 rings (SSSR count).